The minimum absolute atomic E-state index is 0.000163. The van der Waals surface area contributed by atoms with E-state index in [0.29, 0.717) is 6.61 Å². The Bertz CT molecular complexity index is 418. The molecule has 1 atom stereocenters. The normalized spacial score (nSPS) is 13.5. The summed E-state index contributed by atoms with van der Waals surface area (Å²) in [6.07, 6.45) is 6.58. The molecule has 0 amide bonds. The summed E-state index contributed by atoms with van der Waals surface area (Å²) in [5.74, 6) is 6.69. The summed E-state index contributed by atoms with van der Waals surface area (Å²) in [5.41, 5.74) is 3.99. The second kappa shape index (κ2) is 8.32. The molecule has 0 spiro atoms. The summed E-state index contributed by atoms with van der Waals surface area (Å²) in [4.78, 5) is 6.56. The number of nitrogens with zero attached hydrogens (tertiary/aromatic N) is 2. The van der Waals surface area contributed by atoms with E-state index in [-0.39, 0.29) is 11.6 Å². The van der Waals surface area contributed by atoms with Gasteiger partial charge in [0, 0.05) is 11.7 Å². The van der Waals surface area contributed by atoms with Crippen molar-refractivity contribution in [2.24, 2.45) is 5.84 Å². The van der Waals surface area contributed by atoms with Gasteiger partial charge in [-0.2, -0.15) is 0 Å². The third-order valence-electron chi connectivity index (χ3n) is 4.36. The zero-order valence-electron chi connectivity index (χ0n) is 14.0. The van der Waals surface area contributed by atoms with Crippen LogP contribution in [0.4, 0.5) is 0 Å². The van der Waals surface area contributed by atoms with Crippen molar-refractivity contribution in [3.05, 3.63) is 24.0 Å². The van der Waals surface area contributed by atoms with Crippen LogP contribution in [0.15, 0.2) is 18.5 Å². The molecular weight excluding hydrogens is 264 g/mol. The average Bonchev–Trinajstić information content (AvgIpc) is 2.50. The molecule has 0 saturated carbocycles. The molecule has 1 aromatic rings. The highest BCUT2D eigenvalue weighted by Crippen LogP contribution is 2.36. The predicted molar refractivity (Wildman–Crippen MR) is 87.1 cm³/mol. The monoisotopic (exact) mass is 294 g/mol. The molecule has 0 aliphatic carbocycles. The summed E-state index contributed by atoms with van der Waals surface area (Å²) in [7, 11) is 4.20. The number of pyridine rings is 1. The highest BCUT2D eigenvalue weighted by atomic mass is 16.5. The molecule has 0 aliphatic rings. The number of hydrogen-bond donors (Lipinski definition) is 2. The molecule has 3 N–H and O–H groups in total. The van der Waals surface area contributed by atoms with Gasteiger partial charge in [-0.05, 0) is 45.0 Å². The smallest absolute Gasteiger partial charge is 0.137 e. The lowest BCUT2D eigenvalue weighted by atomic mass is 9.80. The molecular formula is C16H30N4O. The van der Waals surface area contributed by atoms with Gasteiger partial charge in [0.2, 0.25) is 0 Å². The van der Waals surface area contributed by atoms with Crippen molar-refractivity contribution in [1.29, 1.82) is 0 Å². The zero-order valence-corrected chi connectivity index (χ0v) is 14.0. The van der Waals surface area contributed by atoms with Crippen LogP contribution in [0.2, 0.25) is 0 Å². The molecule has 0 aliphatic heterocycles. The molecule has 1 heterocycles. The number of rotatable bonds is 9. The number of aromatic nitrogens is 1. The molecule has 0 saturated heterocycles. The second-order valence-corrected chi connectivity index (χ2v) is 5.61. The van der Waals surface area contributed by atoms with Gasteiger partial charge in [-0.1, -0.05) is 20.8 Å². The van der Waals surface area contributed by atoms with Crippen molar-refractivity contribution in [2.75, 3.05) is 20.7 Å². The second-order valence-electron chi connectivity index (χ2n) is 5.61. The Balaban J connectivity index is 3.13. The summed E-state index contributed by atoms with van der Waals surface area (Å²) in [6.45, 7) is 7.18. The lowest BCUT2D eigenvalue weighted by molar-refractivity contribution is 0.0879. The number of hydrogen-bond acceptors (Lipinski definition) is 5. The topological polar surface area (TPSA) is 63.4 Å². The molecule has 21 heavy (non-hydrogen) atoms. The van der Waals surface area contributed by atoms with Gasteiger partial charge in [-0.15, -0.1) is 0 Å². The Hall–Kier alpha value is -1.17. The quantitative estimate of drug-likeness (QED) is 0.541. The van der Waals surface area contributed by atoms with E-state index in [1.165, 1.54) is 0 Å². The maximum atomic E-state index is 5.88. The van der Waals surface area contributed by atoms with Crippen LogP contribution in [-0.4, -0.2) is 36.1 Å². The summed E-state index contributed by atoms with van der Waals surface area (Å²) in [5, 5.41) is 0. The highest BCUT2D eigenvalue weighted by Gasteiger charge is 2.38. The number of nitrogens with one attached hydrogen (secondary N) is 1. The van der Waals surface area contributed by atoms with Crippen LogP contribution in [0.25, 0.3) is 0 Å². The fourth-order valence-electron chi connectivity index (χ4n) is 3.00. The Labute approximate surface area is 128 Å². The summed E-state index contributed by atoms with van der Waals surface area (Å²) >= 11 is 0. The fourth-order valence-corrected chi connectivity index (χ4v) is 3.00. The van der Waals surface area contributed by atoms with Crippen LogP contribution in [0.5, 0.6) is 5.75 Å². The van der Waals surface area contributed by atoms with E-state index in [9.17, 15) is 0 Å². The maximum absolute atomic E-state index is 5.88. The molecule has 5 nitrogen and oxygen atoms in total. The van der Waals surface area contributed by atoms with Gasteiger partial charge in [-0.25, -0.2) is 0 Å². The Morgan fingerprint density at radius 2 is 1.95 bits per heavy atom. The Morgan fingerprint density at radius 1 is 1.29 bits per heavy atom. The van der Waals surface area contributed by atoms with Crippen molar-refractivity contribution < 1.29 is 4.74 Å². The molecule has 0 fully saturated rings. The first kappa shape index (κ1) is 17.9. The van der Waals surface area contributed by atoms with E-state index in [0.717, 1.165) is 30.6 Å². The first-order valence-corrected chi connectivity index (χ1v) is 7.77. The molecule has 0 radical (unpaired) electrons. The van der Waals surface area contributed by atoms with Crippen molar-refractivity contribution in [2.45, 2.75) is 51.6 Å². The van der Waals surface area contributed by atoms with E-state index >= 15 is 0 Å². The average molecular weight is 294 g/mol. The van der Waals surface area contributed by atoms with E-state index in [1.54, 1.807) is 6.20 Å². The van der Waals surface area contributed by atoms with Gasteiger partial charge in [0.25, 0.3) is 0 Å². The summed E-state index contributed by atoms with van der Waals surface area (Å²) in [6, 6.07) is 2.04. The largest absolute Gasteiger partial charge is 0.492 e. The first-order valence-electron chi connectivity index (χ1n) is 7.77. The minimum Gasteiger partial charge on any atom is -0.492 e. The van der Waals surface area contributed by atoms with E-state index in [4.69, 9.17) is 10.6 Å². The fraction of sp³-hybridized carbons (Fsp3) is 0.688. The van der Waals surface area contributed by atoms with Gasteiger partial charge >= 0.3 is 0 Å². The van der Waals surface area contributed by atoms with Crippen LogP contribution < -0.4 is 16.0 Å². The summed E-state index contributed by atoms with van der Waals surface area (Å²) < 4.78 is 5.69. The third kappa shape index (κ3) is 3.93. The van der Waals surface area contributed by atoms with Gasteiger partial charge in [-0.3, -0.25) is 16.3 Å². The molecule has 120 valence electrons. The number of ether oxygens (including phenoxy) is 1. The standard InChI is InChI=1S/C16H30N4O/c1-6-9-21-14-10-13(11-18-12-14)15(19-17)16(7-2,8-3)20(4)5/h10-12,15,19H,6-9,17H2,1-5H3. The van der Waals surface area contributed by atoms with E-state index in [1.807, 2.05) is 12.3 Å². The van der Waals surface area contributed by atoms with Crippen LogP contribution in [0.1, 0.15) is 51.6 Å². The lowest BCUT2D eigenvalue weighted by Crippen LogP contribution is -2.54. The highest BCUT2D eigenvalue weighted by molar-refractivity contribution is 5.28. The van der Waals surface area contributed by atoms with Crippen LogP contribution in [0.3, 0.4) is 0 Å². The van der Waals surface area contributed by atoms with Crippen molar-refractivity contribution in [3.8, 4) is 5.75 Å². The SMILES string of the molecule is CCCOc1cncc(C(NN)C(CC)(CC)N(C)C)c1. The van der Waals surface area contributed by atoms with Gasteiger partial charge in [0.15, 0.2) is 0 Å². The molecule has 0 bridgehead atoms. The predicted octanol–water partition coefficient (Wildman–Crippen LogP) is 2.50. The molecule has 5 heteroatoms. The third-order valence-corrected chi connectivity index (χ3v) is 4.36. The molecule has 1 rings (SSSR count). The van der Waals surface area contributed by atoms with Crippen LogP contribution in [0, 0.1) is 0 Å². The van der Waals surface area contributed by atoms with Crippen molar-refractivity contribution in [1.82, 2.24) is 15.3 Å². The first-order chi connectivity index (χ1) is 10.1. The van der Waals surface area contributed by atoms with Gasteiger partial charge in [0.05, 0.1) is 18.8 Å². The van der Waals surface area contributed by atoms with E-state index in [2.05, 4.69) is 50.2 Å². The zero-order chi connectivity index (χ0) is 15.9. The van der Waals surface area contributed by atoms with Crippen molar-refractivity contribution in [3.63, 3.8) is 0 Å². The Kier molecular flexibility index (Phi) is 7.08. The molecule has 0 aromatic carbocycles. The molecule has 1 unspecified atom stereocenters. The Morgan fingerprint density at radius 3 is 2.43 bits per heavy atom. The van der Waals surface area contributed by atoms with E-state index < -0.39 is 0 Å². The van der Waals surface area contributed by atoms with Crippen molar-refractivity contribution >= 4 is 0 Å². The number of hydrazine groups is 1. The number of likely N-dealkylation sites (N-methyl/N-ethyl adjacent to an activating group) is 1. The number of nitrogens with two attached hydrogens (primary N) is 1. The minimum atomic E-state index is -0.0557. The lowest BCUT2D eigenvalue weighted by Gasteiger charge is -2.45. The van der Waals surface area contributed by atoms with Gasteiger partial charge in [0.1, 0.15) is 5.75 Å². The van der Waals surface area contributed by atoms with Crippen LogP contribution in [-0.2, 0) is 0 Å². The molecule has 1 aromatic heterocycles. The van der Waals surface area contributed by atoms with Crippen LogP contribution >= 0.6 is 0 Å². The maximum Gasteiger partial charge on any atom is 0.137 e. The van der Waals surface area contributed by atoms with Gasteiger partial charge < -0.3 is 9.64 Å².